The average Bonchev–Trinajstić information content (AvgIpc) is 2.39. The Balaban J connectivity index is 3.05. The van der Waals surface area contributed by atoms with E-state index in [4.69, 9.17) is 0 Å². The predicted molar refractivity (Wildman–Crippen MR) is 90.0 cm³/mol. The molecule has 0 N–H and O–H groups in total. The highest BCUT2D eigenvalue weighted by molar-refractivity contribution is 5.33. The lowest BCUT2D eigenvalue weighted by Crippen LogP contribution is -2.18. The van der Waals surface area contributed by atoms with Crippen LogP contribution in [0, 0.1) is 5.92 Å². The van der Waals surface area contributed by atoms with Crippen LogP contribution in [0.15, 0.2) is 72.3 Å². The number of allylic oxidation sites excluding steroid dienone is 8. The minimum absolute atomic E-state index is 0.532. The van der Waals surface area contributed by atoms with Crippen molar-refractivity contribution in [2.45, 2.75) is 40.5 Å². The van der Waals surface area contributed by atoms with Gasteiger partial charge in [-0.05, 0) is 52.0 Å². The molecule has 1 aliphatic rings. The topological polar surface area (TPSA) is 3.24 Å². The summed E-state index contributed by atoms with van der Waals surface area (Å²) in [6.07, 6.45) is 10.7. The van der Waals surface area contributed by atoms with Crippen molar-refractivity contribution in [2.75, 3.05) is 0 Å². The maximum absolute atomic E-state index is 4.08. The number of rotatable bonds is 6. The van der Waals surface area contributed by atoms with E-state index in [0.717, 1.165) is 24.1 Å². The Morgan fingerprint density at radius 3 is 2.40 bits per heavy atom. The highest BCUT2D eigenvalue weighted by Crippen LogP contribution is 2.30. The SMILES string of the molecule is C=CN(C(=C)C)/C(CC1C=CC(C)=CC1)=C(\C)C(=C)C. The van der Waals surface area contributed by atoms with Crippen LogP contribution in [0.5, 0.6) is 0 Å². The summed E-state index contributed by atoms with van der Waals surface area (Å²) in [6, 6.07) is 0. The Bertz CT molecular complexity index is 500. The molecule has 1 aliphatic carbocycles. The molecule has 1 heteroatoms. The Morgan fingerprint density at radius 2 is 2.00 bits per heavy atom. The maximum Gasteiger partial charge on any atom is 0.0260 e. The van der Waals surface area contributed by atoms with Crippen LogP contribution in [0.3, 0.4) is 0 Å². The van der Waals surface area contributed by atoms with E-state index in [-0.39, 0.29) is 0 Å². The van der Waals surface area contributed by atoms with Crippen molar-refractivity contribution in [1.29, 1.82) is 0 Å². The molecule has 108 valence electrons. The fraction of sp³-hybridized carbons (Fsp3) is 0.368. The minimum atomic E-state index is 0.532. The Hall–Kier alpha value is -1.76. The number of hydrogen-bond acceptors (Lipinski definition) is 1. The highest BCUT2D eigenvalue weighted by Gasteiger charge is 2.17. The monoisotopic (exact) mass is 269 g/mol. The fourth-order valence-corrected chi connectivity index (χ4v) is 2.35. The van der Waals surface area contributed by atoms with Gasteiger partial charge in [0.25, 0.3) is 0 Å². The van der Waals surface area contributed by atoms with Crippen LogP contribution in [0.2, 0.25) is 0 Å². The lowest BCUT2D eigenvalue weighted by molar-refractivity contribution is 0.495. The molecular formula is C19H27N. The van der Waals surface area contributed by atoms with E-state index < -0.39 is 0 Å². The molecule has 0 saturated carbocycles. The van der Waals surface area contributed by atoms with Crippen molar-refractivity contribution in [2.24, 2.45) is 5.92 Å². The summed E-state index contributed by atoms with van der Waals surface area (Å²) in [5.74, 6) is 0.532. The number of hydrogen-bond donors (Lipinski definition) is 0. The zero-order valence-corrected chi connectivity index (χ0v) is 13.4. The van der Waals surface area contributed by atoms with Gasteiger partial charge in [-0.25, -0.2) is 0 Å². The average molecular weight is 269 g/mol. The zero-order chi connectivity index (χ0) is 15.3. The molecule has 0 spiro atoms. The third kappa shape index (κ3) is 4.12. The van der Waals surface area contributed by atoms with Gasteiger partial charge in [0.2, 0.25) is 0 Å². The lowest BCUT2D eigenvalue weighted by atomic mass is 9.90. The molecule has 0 aromatic carbocycles. The van der Waals surface area contributed by atoms with Gasteiger partial charge in [0.1, 0.15) is 0 Å². The smallest absolute Gasteiger partial charge is 0.0260 e. The second-order valence-electron chi connectivity index (χ2n) is 5.65. The van der Waals surface area contributed by atoms with Gasteiger partial charge in [-0.1, -0.05) is 49.1 Å². The van der Waals surface area contributed by atoms with Crippen LogP contribution in [0.25, 0.3) is 0 Å². The van der Waals surface area contributed by atoms with Crippen LogP contribution in [0.4, 0.5) is 0 Å². The van der Waals surface area contributed by atoms with Gasteiger partial charge in [-0.15, -0.1) is 0 Å². The summed E-state index contributed by atoms with van der Waals surface area (Å²) in [5.41, 5.74) is 5.92. The van der Waals surface area contributed by atoms with Crippen LogP contribution in [-0.2, 0) is 0 Å². The van der Waals surface area contributed by atoms with Gasteiger partial charge in [0, 0.05) is 17.6 Å². The van der Waals surface area contributed by atoms with Gasteiger partial charge in [-0.2, -0.15) is 0 Å². The molecule has 1 rings (SSSR count). The molecule has 20 heavy (non-hydrogen) atoms. The van der Waals surface area contributed by atoms with E-state index in [1.165, 1.54) is 16.8 Å². The molecule has 0 saturated heterocycles. The molecular weight excluding hydrogens is 242 g/mol. The standard InChI is InChI=1S/C19H27N/c1-8-20(15(4)5)19(17(7)14(2)3)13-18-11-9-16(6)10-12-18/h8-11,18H,1-2,4,12-13H2,3,5-7H3/b19-17+. The molecule has 1 nitrogen and oxygen atoms in total. The largest absolute Gasteiger partial charge is 0.326 e. The van der Waals surface area contributed by atoms with Crippen molar-refractivity contribution in [3.8, 4) is 0 Å². The quantitative estimate of drug-likeness (QED) is 0.557. The lowest BCUT2D eigenvalue weighted by Gasteiger charge is -2.29. The van der Waals surface area contributed by atoms with Gasteiger partial charge in [-0.3, -0.25) is 0 Å². The van der Waals surface area contributed by atoms with E-state index in [2.05, 4.69) is 63.6 Å². The maximum atomic E-state index is 4.08. The molecule has 1 unspecified atom stereocenters. The highest BCUT2D eigenvalue weighted by atomic mass is 15.1. The first-order chi connectivity index (χ1) is 9.36. The molecule has 0 heterocycles. The van der Waals surface area contributed by atoms with E-state index in [1.807, 2.05) is 13.1 Å². The van der Waals surface area contributed by atoms with Crippen molar-refractivity contribution in [1.82, 2.24) is 4.90 Å². The first-order valence-electron chi connectivity index (χ1n) is 7.14. The third-order valence-electron chi connectivity index (χ3n) is 3.79. The summed E-state index contributed by atoms with van der Waals surface area (Å²) in [6.45, 7) is 20.4. The normalized spacial score (nSPS) is 19.0. The van der Waals surface area contributed by atoms with Crippen molar-refractivity contribution >= 4 is 0 Å². The van der Waals surface area contributed by atoms with Crippen LogP contribution in [0.1, 0.15) is 40.5 Å². The fourth-order valence-electron chi connectivity index (χ4n) is 2.35. The predicted octanol–water partition coefficient (Wildman–Crippen LogP) is 5.73. The Labute approximate surface area is 124 Å². The third-order valence-corrected chi connectivity index (χ3v) is 3.79. The van der Waals surface area contributed by atoms with Crippen molar-refractivity contribution in [3.63, 3.8) is 0 Å². The van der Waals surface area contributed by atoms with Crippen LogP contribution < -0.4 is 0 Å². The molecule has 0 fully saturated rings. The minimum Gasteiger partial charge on any atom is -0.326 e. The molecule has 0 bridgehead atoms. The van der Waals surface area contributed by atoms with Crippen LogP contribution >= 0.6 is 0 Å². The van der Waals surface area contributed by atoms with Gasteiger partial charge in [0.15, 0.2) is 0 Å². The summed E-state index contributed by atoms with van der Waals surface area (Å²) in [5, 5.41) is 0. The Kier molecular flexibility index (Phi) is 5.82. The van der Waals surface area contributed by atoms with E-state index in [1.54, 1.807) is 0 Å². The molecule has 0 radical (unpaired) electrons. The summed E-state index contributed by atoms with van der Waals surface area (Å²) >= 11 is 0. The summed E-state index contributed by atoms with van der Waals surface area (Å²) in [4.78, 5) is 2.09. The van der Waals surface area contributed by atoms with Crippen LogP contribution in [-0.4, -0.2) is 4.90 Å². The van der Waals surface area contributed by atoms with E-state index >= 15 is 0 Å². The number of nitrogens with zero attached hydrogens (tertiary/aromatic N) is 1. The second-order valence-corrected chi connectivity index (χ2v) is 5.65. The summed E-state index contributed by atoms with van der Waals surface area (Å²) < 4.78 is 0. The van der Waals surface area contributed by atoms with Gasteiger partial charge in [0.05, 0.1) is 0 Å². The molecule has 0 amide bonds. The van der Waals surface area contributed by atoms with E-state index in [0.29, 0.717) is 5.92 Å². The van der Waals surface area contributed by atoms with Gasteiger partial charge >= 0.3 is 0 Å². The Morgan fingerprint density at radius 1 is 1.35 bits per heavy atom. The molecule has 0 aliphatic heterocycles. The second kappa shape index (κ2) is 7.14. The van der Waals surface area contributed by atoms with Crippen molar-refractivity contribution < 1.29 is 0 Å². The first-order valence-corrected chi connectivity index (χ1v) is 7.14. The molecule has 0 aromatic heterocycles. The molecule has 0 aromatic rings. The summed E-state index contributed by atoms with van der Waals surface area (Å²) in [7, 11) is 0. The van der Waals surface area contributed by atoms with Gasteiger partial charge < -0.3 is 4.90 Å². The zero-order valence-electron chi connectivity index (χ0n) is 13.4. The van der Waals surface area contributed by atoms with E-state index in [9.17, 15) is 0 Å². The van der Waals surface area contributed by atoms with Crippen molar-refractivity contribution in [3.05, 3.63) is 72.3 Å². The molecule has 1 atom stereocenters. The first kappa shape index (κ1) is 16.3.